The molecule has 0 saturated heterocycles. The van der Waals surface area contributed by atoms with Crippen molar-refractivity contribution in [1.29, 1.82) is 0 Å². The lowest BCUT2D eigenvalue weighted by Crippen LogP contribution is -2.50. The molecule has 0 aromatic heterocycles. The fourth-order valence-corrected chi connectivity index (χ4v) is 4.19. The molecule has 4 heteroatoms. The van der Waals surface area contributed by atoms with Gasteiger partial charge in [0.15, 0.2) is 0 Å². The minimum absolute atomic E-state index is 0.227. The molecule has 0 aliphatic carbocycles. The summed E-state index contributed by atoms with van der Waals surface area (Å²) < 4.78 is 18.6. The van der Waals surface area contributed by atoms with E-state index in [1.54, 1.807) is 7.11 Å². The van der Waals surface area contributed by atoms with Gasteiger partial charge in [0, 0.05) is 24.9 Å². The van der Waals surface area contributed by atoms with Crippen molar-refractivity contribution in [3.8, 4) is 5.75 Å². The number of rotatable bonds is 7. The summed E-state index contributed by atoms with van der Waals surface area (Å²) in [6, 6.07) is 24.9. The second-order valence-corrected chi connectivity index (χ2v) is 8.61. The predicted molar refractivity (Wildman–Crippen MR) is 124 cm³/mol. The lowest BCUT2D eigenvalue weighted by atomic mass is 9.88. The van der Waals surface area contributed by atoms with Crippen LogP contribution in [0.25, 0.3) is 0 Å². The number of aryl methyl sites for hydroxylation is 1. The van der Waals surface area contributed by atoms with Crippen molar-refractivity contribution < 1.29 is 14.2 Å². The molecule has 0 saturated carbocycles. The summed E-state index contributed by atoms with van der Waals surface area (Å²) >= 11 is 0. The molecule has 3 aromatic rings. The smallest absolute Gasteiger partial charge is 0.132 e. The van der Waals surface area contributed by atoms with Crippen LogP contribution in [-0.4, -0.2) is 18.8 Å². The van der Waals surface area contributed by atoms with Gasteiger partial charge in [-0.1, -0.05) is 54.6 Å². The molecule has 4 nitrogen and oxygen atoms in total. The molecule has 0 spiro atoms. The number of anilines is 1. The fourth-order valence-electron chi connectivity index (χ4n) is 4.19. The Kier molecular flexibility index (Phi) is 6.30. The number of nitrogens with one attached hydrogen (secondary N) is 1. The highest BCUT2D eigenvalue weighted by molar-refractivity contribution is 5.54. The molecular weight excluding hydrogens is 386 g/mol. The molecule has 31 heavy (non-hydrogen) atoms. The Hall–Kier alpha value is -2.82. The van der Waals surface area contributed by atoms with E-state index in [0.29, 0.717) is 6.61 Å². The predicted octanol–water partition coefficient (Wildman–Crippen LogP) is 6.05. The Morgan fingerprint density at radius 1 is 0.968 bits per heavy atom. The number of ether oxygens (including phenoxy) is 3. The third kappa shape index (κ3) is 4.76. The van der Waals surface area contributed by atoms with Gasteiger partial charge in [-0.2, -0.15) is 0 Å². The van der Waals surface area contributed by atoms with Crippen molar-refractivity contribution in [3.63, 3.8) is 0 Å². The van der Waals surface area contributed by atoms with Crippen LogP contribution in [0.5, 0.6) is 5.75 Å². The highest BCUT2D eigenvalue weighted by Gasteiger charge is 2.45. The summed E-state index contributed by atoms with van der Waals surface area (Å²) in [5, 5.41) is 3.55. The van der Waals surface area contributed by atoms with Crippen LogP contribution in [0, 0.1) is 6.92 Å². The Morgan fingerprint density at radius 2 is 1.71 bits per heavy atom. The minimum atomic E-state index is -0.501. The van der Waals surface area contributed by atoms with Gasteiger partial charge in [0.1, 0.15) is 23.6 Å². The zero-order valence-corrected chi connectivity index (χ0v) is 18.7. The van der Waals surface area contributed by atoms with E-state index in [0.717, 1.165) is 29.1 Å². The summed E-state index contributed by atoms with van der Waals surface area (Å²) in [6.07, 6.45) is -0.459. The second-order valence-electron chi connectivity index (χ2n) is 8.61. The van der Waals surface area contributed by atoms with E-state index in [1.165, 1.54) is 11.1 Å². The standard InChI is InChI=1S/C27H31NO3/c1-19-10-8-9-13-21(19)17-28-22-14-15-24-23(16-22)25(26(29-4)27(2,3)31-24)30-18-20-11-6-5-7-12-20/h5-16,25-26,28H,17-18H2,1-4H3. The molecule has 2 unspecified atom stereocenters. The third-order valence-electron chi connectivity index (χ3n) is 5.92. The van der Waals surface area contributed by atoms with Crippen molar-refractivity contribution in [1.82, 2.24) is 0 Å². The summed E-state index contributed by atoms with van der Waals surface area (Å²) in [5.74, 6) is 0.845. The maximum Gasteiger partial charge on any atom is 0.132 e. The maximum atomic E-state index is 6.44. The van der Waals surface area contributed by atoms with Crippen LogP contribution >= 0.6 is 0 Å². The van der Waals surface area contributed by atoms with Crippen LogP contribution in [-0.2, 0) is 22.6 Å². The van der Waals surface area contributed by atoms with Gasteiger partial charge in [0.25, 0.3) is 0 Å². The van der Waals surface area contributed by atoms with Gasteiger partial charge in [0.2, 0.25) is 0 Å². The van der Waals surface area contributed by atoms with Gasteiger partial charge in [0.05, 0.1) is 6.61 Å². The maximum absolute atomic E-state index is 6.44. The molecule has 0 fully saturated rings. The summed E-state index contributed by atoms with van der Waals surface area (Å²) in [7, 11) is 1.72. The van der Waals surface area contributed by atoms with Gasteiger partial charge in [-0.05, 0) is 55.7 Å². The van der Waals surface area contributed by atoms with Crippen molar-refractivity contribution in [3.05, 3.63) is 95.1 Å². The van der Waals surface area contributed by atoms with Crippen LogP contribution in [0.1, 0.15) is 42.2 Å². The minimum Gasteiger partial charge on any atom is -0.485 e. The molecule has 0 bridgehead atoms. The zero-order chi connectivity index (χ0) is 21.8. The largest absolute Gasteiger partial charge is 0.485 e. The van der Waals surface area contributed by atoms with E-state index in [2.05, 4.69) is 60.8 Å². The molecule has 3 aromatic carbocycles. The molecule has 4 rings (SSSR count). The molecule has 162 valence electrons. The average molecular weight is 418 g/mol. The second kappa shape index (κ2) is 9.13. The summed E-state index contributed by atoms with van der Waals surface area (Å²) in [5.41, 5.74) is 5.24. The Balaban J connectivity index is 1.59. The summed E-state index contributed by atoms with van der Waals surface area (Å²) in [6.45, 7) is 7.51. The van der Waals surface area contributed by atoms with Gasteiger partial charge < -0.3 is 19.5 Å². The van der Waals surface area contributed by atoms with Gasteiger partial charge in [-0.15, -0.1) is 0 Å². The first-order chi connectivity index (χ1) is 15.0. The SMILES string of the molecule is COC1C(OCc2ccccc2)c2cc(NCc3ccccc3C)ccc2OC1(C)C. The van der Waals surface area contributed by atoms with Crippen molar-refractivity contribution in [2.45, 2.75) is 51.7 Å². The highest BCUT2D eigenvalue weighted by atomic mass is 16.6. The number of hydrogen-bond donors (Lipinski definition) is 1. The normalized spacial score (nSPS) is 19.4. The van der Waals surface area contributed by atoms with Crippen molar-refractivity contribution >= 4 is 5.69 Å². The van der Waals surface area contributed by atoms with E-state index >= 15 is 0 Å². The topological polar surface area (TPSA) is 39.7 Å². The monoisotopic (exact) mass is 417 g/mol. The van der Waals surface area contributed by atoms with E-state index < -0.39 is 5.60 Å². The van der Waals surface area contributed by atoms with Crippen LogP contribution in [0.4, 0.5) is 5.69 Å². The van der Waals surface area contributed by atoms with E-state index in [9.17, 15) is 0 Å². The number of benzene rings is 3. The van der Waals surface area contributed by atoms with Crippen LogP contribution in [0.15, 0.2) is 72.8 Å². The Labute approximate surface area is 185 Å². The Morgan fingerprint density at radius 3 is 2.45 bits per heavy atom. The van der Waals surface area contributed by atoms with Gasteiger partial charge in [-0.3, -0.25) is 0 Å². The molecule has 0 amide bonds. The van der Waals surface area contributed by atoms with Gasteiger partial charge >= 0.3 is 0 Å². The first kappa shape index (κ1) is 21.4. The molecule has 1 heterocycles. The third-order valence-corrected chi connectivity index (χ3v) is 5.92. The van der Waals surface area contributed by atoms with E-state index in [1.807, 2.05) is 38.1 Å². The molecular formula is C27H31NO3. The molecule has 1 aliphatic heterocycles. The van der Waals surface area contributed by atoms with Crippen molar-refractivity contribution in [2.24, 2.45) is 0 Å². The lowest BCUT2D eigenvalue weighted by molar-refractivity contribution is -0.153. The van der Waals surface area contributed by atoms with E-state index in [-0.39, 0.29) is 12.2 Å². The molecule has 0 radical (unpaired) electrons. The highest BCUT2D eigenvalue weighted by Crippen LogP contribution is 2.44. The first-order valence-corrected chi connectivity index (χ1v) is 10.8. The first-order valence-electron chi connectivity index (χ1n) is 10.8. The number of hydrogen-bond acceptors (Lipinski definition) is 4. The van der Waals surface area contributed by atoms with Crippen molar-refractivity contribution in [2.75, 3.05) is 12.4 Å². The molecule has 2 atom stereocenters. The zero-order valence-electron chi connectivity index (χ0n) is 18.7. The Bertz CT molecular complexity index is 1020. The average Bonchev–Trinajstić information content (AvgIpc) is 2.77. The quantitative estimate of drug-likeness (QED) is 0.508. The lowest BCUT2D eigenvalue weighted by Gasteiger charge is -2.43. The van der Waals surface area contributed by atoms with E-state index in [4.69, 9.17) is 14.2 Å². The number of methoxy groups -OCH3 is 1. The summed E-state index contributed by atoms with van der Waals surface area (Å²) in [4.78, 5) is 0. The van der Waals surface area contributed by atoms with Gasteiger partial charge in [-0.25, -0.2) is 0 Å². The van der Waals surface area contributed by atoms with Crippen LogP contribution < -0.4 is 10.1 Å². The molecule has 1 N–H and O–H groups in total. The number of fused-ring (bicyclic) bond motifs is 1. The fraction of sp³-hybridized carbons (Fsp3) is 0.333. The van der Waals surface area contributed by atoms with Crippen LogP contribution in [0.3, 0.4) is 0 Å². The van der Waals surface area contributed by atoms with Crippen LogP contribution in [0.2, 0.25) is 0 Å². The molecule has 1 aliphatic rings.